The maximum absolute atomic E-state index is 8.74. The first-order valence-electron chi connectivity index (χ1n) is 4.92. The number of hydrogen-bond acceptors (Lipinski definition) is 2. The van der Waals surface area contributed by atoms with Gasteiger partial charge in [0.15, 0.2) is 0 Å². The van der Waals surface area contributed by atoms with E-state index in [0.29, 0.717) is 6.42 Å². The highest BCUT2D eigenvalue weighted by Crippen LogP contribution is 2.16. The van der Waals surface area contributed by atoms with Crippen LogP contribution in [0.3, 0.4) is 0 Å². The van der Waals surface area contributed by atoms with Crippen LogP contribution < -0.4 is 5.32 Å². The summed E-state index contributed by atoms with van der Waals surface area (Å²) in [6.07, 6.45) is 5.73. The summed E-state index contributed by atoms with van der Waals surface area (Å²) >= 11 is 0. The Hall–Kier alpha value is -1.77. The van der Waals surface area contributed by atoms with E-state index in [-0.39, 0.29) is 12.1 Å². The molecule has 0 aliphatic rings. The second-order valence-corrected chi connectivity index (χ2v) is 3.38. The van der Waals surface area contributed by atoms with Crippen LogP contribution in [0.2, 0.25) is 0 Å². The second-order valence-electron chi connectivity index (χ2n) is 3.38. The Labute approximate surface area is 90.9 Å². The van der Waals surface area contributed by atoms with Gasteiger partial charge in [0, 0.05) is 6.04 Å². The van der Waals surface area contributed by atoms with Crippen LogP contribution in [0, 0.1) is 23.7 Å². The molecule has 2 unspecified atom stereocenters. The van der Waals surface area contributed by atoms with Crippen LogP contribution in [0.15, 0.2) is 30.3 Å². The first kappa shape index (κ1) is 11.3. The van der Waals surface area contributed by atoms with E-state index in [1.807, 2.05) is 37.3 Å². The Kier molecular flexibility index (Phi) is 4.41. The lowest BCUT2D eigenvalue weighted by molar-refractivity contribution is 0.518. The van der Waals surface area contributed by atoms with E-state index in [4.69, 9.17) is 11.7 Å². The molecule has 0 spiro atoms. The van der Waals surface area contributed by atoms with Crippen molar-refractivity contribution in [3.63, 3.8) is 0 Å². The minimum absolute atomic E-state index is 0.0160. The van der Waals surface area contributed by atoms with Crippen molar-refractivity contribution in [3.8, 4) is 18.4 Å². The van der Waals surface area contributed by atoms with Gasteiger partial charge in [0.2, 0.25) is 0 Å². The summed E-state index contributed by atoms with van der Waals surface area (Å²) in [4.78, 5) is 0. The molecule has 0 saturated heterocycles. The molecule has 2 heteroatoms. The van der Waals surface area contributed by atoms with Crippen LogP contribution in [0.4, 0.5) is 0 Å². The van der Waals surface area contributed by atoms with Gasteiger partial charge >= 0.3 is 0 Å². The normalized spacial score (nSPS) is 13.5. The molecule has 0 aromatic heterocycles. The Morgan fingerprint density at radius 2 is 2.07 bits per heavy atom. The van der Waals surface area contributed by atoms with E-state index in [9.17, 15) is 0 Å². The third kappa shape index (κ3) is 3.46. The summed E-state index contributed by atoms with van der Waals surface area (Å²) in [5.41, 5.74) is 1.10. The van der Waals surface area contributed by atoms with Crippen molar-refractivity contribution in [1.82, 2.24) is 5.32 Å². The average molecular weight is 198 g/mol. The largest absolute Gasteiger partial charge is 0.296 e. The summed E-state index contributed by atoms with van der Waals surface area (Å²) < 4.78 is 0. The van der Waals surface area contributed by atoms with Gasteiger partial charge in [0.1, 0.15) is 0 Å². The molecule has 15 heavy (non-hydrogen) atoms. The smallest absolute Gasteiger partial charge is 0.0663 e. The quantitative estimate of drug-likeness (QED) is 0.753. The Morgan fingerprint density at radius 1 is 1.40 bits per heavy atom. The molecule has 0 amide bonds. The lowest BCUT2D eigenvalue weighted by atomic mass is 10.0. The molecule has 0 fully saturated rings. The monoisotopic (exact) mass is 198 g/mol. The van der Waals surface area contributed by atoms with Crippen LogP contribution in [-0.4, -0.2) is 6.04 Å². The maximum Gasteiger partial charge on any atom is 0.0663 e. The fourth-order valence-corrected chi connectivity index (χ4v) is 1.40. The SMILES string of the molecule is C#CC(C)NC(CC#N)c1ccccc1. The fraction of sp³-hybridized carbons (Fsp3) is 0.308. The van der Waals surface area contributed by atoms with Gasteiger partial charge in [-0.05, 0) is 12.5 Å². The Morgan fingerprint density at radius 3 is 2.60 bits per heavy atom. The van der Waals surface area contributed by atoms with E-state index in [1.165, 1.54) is 0 Å². The van der Waals surface area contributed by atoms with Crippen LogP contribution in [0.25, 0.3) is 0 Å². The predicted molar refractivity (Wildman–Crippen MR) is 60.8 cm³/mol. The molecule has 2 atom stereocenters. The average Bonchev–Trinajstić information content (AvgIpc) is 2.29. The standard InChI is InChI=1S/C13H14N2/c1-3-11(2)15-13(9-10-14)12-7-5-4-6-8-12/h1,4-8,11,13,15H,9H2,2H3. The second kappa shape index (κ2) is 5.86. The molecule has 0 heterocycles. The zero-order valence-electron chi connectivity index (χ0n) is 8.77. The highest BCUT2D eigenvalue weighted by Gasteiger charge is 2.11. The first-order valence-corrected chi connectivity index (χ1v) is 4.92. The number of nitrogens with one attached hydrogen (secondary N) is 1. The Balaban J connectivity index is 2.76. The highest BCUT2D eigenvalue weighted by molar-refractivity contribution is 5.20. The van der Waals surface area contributed by atoms with Crippen LogP contribution in [0.5, 0.6) is 0 Å². The summed E-state index contributed by atoms with van der Waals surface area (Å²) in [6, 6.07) is 12.0. The van der Waals surface area contributed by atoms with Gasteiger partial charge in [0.05, 0.1) is 18.5 Å². The van der Waals surface area contributed by atoms with Crippen LogP contribution in [0.1, 0.15) is 24.9 Å². The summed E-state index contributed by atoms with van der Waals surface area (Å²) in [7, 11) is 0. The molecule has 0 saturated carbocycles. The lowest BCUT2D eigenvalue weighted by Gasteiger charge is -2.18. The van der Waals surface area contributed by atoms with Gasteiger partial charge in [-0.3, -0.25) is 5.32 Å². The molecular weight excluding hydrogens is 184 g/mol. The van der Waals surface area contributed by atoms with E-state index in [1.54, 1.807) is 0 Å². The lowest BCUT2D eigenvalue weighted by Crippen LogP contribution is -2.29. The molecule has 1 rings (SSSR count). The number of benzene rings is 1. The van der Waals surface area contributed by atoms with E-state index in [0.717, 1.165) is 5.56 Å². The molecule has 0 aliphatic carbocycles. The minimum atomic E-state index is -0.0245. The molecule has 0 bridgehead atoms. The van der Waals surface area contributed by atoms with E-state index >= 15 is 0 Å². The van der Waals surface area contributed by atoms with Crippen molar-refractivity contribution in [2.24, 2.45) is 0 Å². The molecule has 0 aliphatic heterocycles. The van der Waals surface area contributed by atoms with Crippen LogP contribution in [-0.2, 0) is 0 Å². The van der Waals surface area contributed by atoms with Crippen molar-refractivity contribution in [3.05, 3.63) is 35.9 Å². The molecule has 1 N–H and O–H groups in total. The van der Waals surface area contributed by atoms with Crippen molar-refractivity contribution >= 4 is 0 Å². The van der Waals surface area contributed by atoms with Crippen LogP contribution >= 0.6 is 0 Å². The van der Waals surface area contributed by atoms with Gasteiger partial charge < -0.3 is 0 Å². The summed E-state index contributed by atoms with van der Waals surface area (Å²) in [5.74, 6) is 2.60. The third-order valence-corrected chi connectivity index (χ3v) is 2.20. The highest BCUT2D eigenvalue weighted by atomic mass is 14.9. The number of nitrogens with zero attached hydrogens (tertiary/aromatic N) is 1. The zero-order valence-corrected chi connectivity index (χ0v) is 8.77. The fourth-order valence-electron chi connectivity index (χ4n) is 1.40. The molecule has 76 valence electrons. The van der Waals surface area contributed by atoms with Gasteiger partial charge in [0.25, 0.3) is 0 Å². The van der Waals surface area contributed by atoms with Crippen molar-refractivity contribution in [2.75, 3.05) is 0 Å². The minimum Gasteiger partial charge on any atom is -0.296 e. The van der Waals surface area contributed by atoms with Gasteiger partial charge in [-0.25, -0.2) is 0 Å². The third-order valence-electron chi connectivity index (χ3n) is 2.20. The van der Waals surface area contributed by atoms with Crippen molar-refractivity contribution in [2.45, 2.75) is 25.4 Å². The topological polar surface area (TPSA) is 35.8 Å². The predicted octanol–water partition coefficient (Wildman–Crippen LogP) is 2.25. The zero-order chi connectivity index (χ0) is 11.1. The van der Waals surface area contributed by atoms with Crippen molar-refractivity contribution in [1.29, 1.82) is 5.26 Å². The summed E-state index contributed by atoms with van der Waals surface area (Å²) in [6.45, 7) is 1.91. The number of nitriles is 1. The first-order chi connectivity index (χ1) is 7.27. The molecule has 0 radical (unpaired) electrons. The van der Waals surface area contributed by atoms with E-state index < -0.39 is 0 Å². The van der Waals surface area contributed by atoms with Crippen molar-refractivity contribution < 1.29 is 0 Å². The molecule has 1 aromatic carbocycles. The van der Waals surface area contributed by atoms with Gasteiger partial charge in [-0.15, -0.1) is 6.42 Å². The summed E-state index contributed by atoms with van der Waals surface area (Å²) in [5, 5.41) is 12.0. The van der Waals surface area contributed by atoms with Gasteiger partial charge in [-0.1, -0.05) is 36.3 Å². The van der Waals surface area contributed by atoms with Gasteiger partial charge in [-0.2, -0.15) is 5.26 Å². The number of rotatable bonds is 4. The van der Waals surface area contributed by atoms with E-state index in [2.05, 4.69) is 17.3 Å². The maximum atomic E-state index is 8.74. The number of hydrogen-bond donors (Lipinski definition) is 1. The molecule has 1 aromatic rings. The molecular formula is C13H14N2. The molecule has 2 nitrogen and oxygen atoms in total. The Bertz CT molecular complexity index is 370. The number of terminal acetylenes is 1.